The summed E-state index contributed by atoms with van der Waals surface area (Å²) in [4.78, 5) is 4.71. The van der Waals surface area contributed by atoms with Crippen LogP contribution in [0.15, 0.2) is 40.7 Å². The molecule has 2 heterocycles. The van der Waals surface area contributed by atoms with Crippen LogP contribution in [0.3, 0.4) is 0 Å². The summed E-state index contributed by atoms with van der Waals surface area (Å²) >= 11 is 3.36. The zero-order valence-electron chi connectivity index (χ0n) is 13.4. The van der Waals surface area contributed by atoms with E-state index in [0.717, 1.165) is 26.4 Å². The molecule has 0 radical (unpaired) electrons. The van der Waals surface area contributed by atoms with Crippen molar-refractivity contribution in [3.63, 3.8) is 0 Å². The van der Waals surface area contributed by atoms with Crippen molar-refractivity contribution in [2.75, 3.05) is 5.32 Å². The Balaban J connectivity index is 1.36. The van der Waals surface area contributed by atoms with Gasteiger partial charge < -0.3 is 5.32 Å². The van der Waals surface area contributed by atoms with Gasteiger partial charge in [-0.3, -0.25) is 4.98 Å². The molecule has 24 heavy (non-hydrogen) atoms. The topological polar surface area (TPSA) is 50.7 Å². The number of thioether (sulfide) groups is 1. The normalized spacial score (nSPS) is 15.7. The molecule has 1 N–H and O–H groups in total. The van der Waals surface area contributed by atoms with Gasteiger partial charge >= 0.3 is 0 Å². The van der Waals surface area contributed by atoms with Crippen LogP contribution in [-0.4, -0.2) is 21.2 Å². The molecule has 0 bridgehead atoms. The third-order valence-electron chi connectivity index (χ3n) is 4.34. The SMILES string of the molecule is c1ccc2nc(CSc3nnc(NC4CCCCC4)s3)ccc2c1. The molecule has 1 fully saturated rings. The standard InChI is InChI=1S/C18H20N4S2/c1-2-7-14(8-3-1)20-17-21-22-18(24-17)23-12-15-11-10-13-6-4-5-9-16(13)19-15/h4-6,9-11,14H,1-3,7-8,12H2,(H,20,21). The van der Waals surface area contributed by atoms with Gasteiger partial charge in [-0.15, -0.1) is 10.2 Å². The molecular weight excluding hydrogens is 336 g/mol. The van der Waals surface area contributed by atoms with Gasteiger partial charge in [-0.05, 0) is 25.0 Å². The highest BCUT2D eigenvalue weighted by molar-refractivity contribution is 8.00. The van der Waals surface area contributed by atoms with Crippen LogP contribution < -0.4 is 5.32 Å². The van der Waals surface area contributed by atoms with Crippen LogP contribution in [0, 0.1) is 0 Å². The van der Waals surface area contributed by atoms with Gasteiger partial charge in [0.05, 0.1) is 11.2 Å². The summed E-state index contributed by atoms with van der Waals surface area (Å²) < 4.78 is 1.00. The summed E-state index contributed by atoms with van der Waals surface area (Å²) in [6, 6.07) is 13.0. The van der Waals surface area contributed by atoms with Crippen molar-refractivity contribution in [1.29, 1.82) is 0 Å². The number of hydrogen-bond acceptors (Lipinski definition) is 6. The van der Waals surface area contributed by atoms with E-state index in [1.54, 1.807) is 23.1 Å². The number of fused-ring (bicyclic) bond motifs is 1. The smallest absolute Gasteiger partial charge is 0.206 e. The maximum Gasteiger partial charge on any atom is 0.206 e. The van der Waals surface area contributed by atoms with Crippen LogP contribution in [0.4, 0.5) is 5.13 Å². The first-order valence-electron chi connectivity index (χ1n) is 8.44. The second-order valence-electron chi connectivity index (χ2n) is 6.14. The van der Waals surface area contributed by atoms with E-state index in [2.05, 4.69) is 39.8 Å². The molecule has 0 unspecified atom stereocenters. The molecule has 124 valence electrons. The number of aromatic nitrogens is 3. The molecule has 0 spiro atoms. The van der Waals surface area contributed by atoms with Gasteiger partial charge in [-0.2, -0.15) is 0 Å². The highest BCUT2D eigenvalue weighted by atomic mass is 32.2. The summed E-state index contributed by atoms with van der Waals surface area (Å²) in [6.07, 6.45) is 6.53. The molecule has 4 rings (SSSR count). The lowest BCUT2D eigenvalue weighted by molar-refractivity contribution is 0.462. The first kappa shape index (κ1) is 15.8. The summed E-state index contributed by atoms with van der Waals surface area (Å²) in [7, 11) is 0. The molecule has 0 amide bonds. The predicted molar refractivity (Wildman–Crippen MR) is 102 cm³/mol. The zero-order valence-corrected chi connectivity index (χ0v) is 15.1. The molecule has 1 saturated carbocycles. The van der Waals surface area contributed by atoms with Gasteiger partial charge in [0.25, 0.3) is 0 Å². The molecule has 1 aliphatic carbocycles. The summed E-state index contributed by atoms with van der Waals surface area (Å²) in [6.45, 7) is 0. The molecular formula is C18H20N4S2. The Morgan fingerprint density at radius 2 is 1.92 bits per heavy atom. The van der Waals surface area contributed by atoms with Crippen molar-refractivity contribution in [3.05, 3.63) is 42.1 Å². The maximum absolute atomic E-state index is 4.71. The van der Waals surface area contributed by atoms with E-state index in [1.165, 1.54) is 37.5 Å². The van der Waals surface area contributed by atoms with E-state index in [1.807, 2.05) is 12.1 Å². The summed E-state index contributed by atoms with van der Waals surface area (Å²) in [5.41, 5.74) is 2.13. The lowest BCUT2D eigenvalue weighted by Crippen LogP contribution is -2.21. The van der Waals surface area contributed by atoms with Crippen LogP contribution in [-0.2, 0) is 5.75 Å². The number of nitrogens with zero attached hydrogens (tertiary/aromatic N) is 3. The molecule has 6 heteroatoms. The third-order valence-corrected chi connectivity index (χ3v) is 6.36. The lowest BCUT2D eigenvalue weighted by atomic mass is 9.96. The van der Waals surface area contributed by atoms with E-state index in [0.29, 0.717) is 6.04 Å². The fraction of sp³-hybridized carbons (Fsp3) is 0.389. The fourth-order valence-corrected chi connectivity index (χ4v) is 4.81. The Labute approximate surface area is 150 Å². The second kappa shape index (κ2) is 7.49. The zero-order chi connectivity index (χ0) is 16.2. The van der Waals surface area contributed by atoms with Crippen molar-refractivity contribution in [3.8, 4) is 0 Å². The largest absolute Gasteiger partial charge is 0.357 e. The molecule has 0 saturated heterocycles. The maximum atomic E-state index is 4.71. The van der Waals surface area contributed by atoms with Gasteiger partial charge in [-0.1, -0.05) is 66.6 Å². The van der Waals surface area contributed by atoms with Crippen LogP contribution in [0.5, 0.6) is 0 Å². The van der Waals surface area contributed by atoms with Gasteiger partial charge in [0, 0.05) is 17.2 Å². The highest BCUT2D eigenvalue weighted by Gasteiger charge is 2.15. The number of benzene rings is 1. The van der Waals surface area contributed by atoms with E-state index < -0.39 is 0 Å². The lowest BCUT2D eigenvalue weighted by Gasteiger charge is -2.21. The summed E-state index contributed by atoms with van der Waals surface area (Å²) in [5, 5.41) is 14.3. The Morgan fingerprint density at radius 3 is 2.83 bits per heavy atom. The van der Waals surface area contributed by atoms with E-state index in [4.69, 9.17) is 4.98 Å². The quantitative estimate of drug-likeness (QED) is 0.643. The van der Waals surface area contributed by atoms with Crippen LogP contribution >= 0.6 is 23.1 Å². The second-order valence-corrected chi connectivity index (χ2v) is 8.34. The first-order valence-corrected chi connectivity index (χ1v) is 10.2. The van der Waals surface area contributed by atoms with Crippen molar-refractivity contribution in [1.82, 2.24) is 15.2 Å². The number of anilines is 1. The van der Waals surface area contributed by atoms with Crippen LogP contribution in [0.25, 0.3) is 10.9 Å². The van der Waals surface area contributed by atoms with E-state index >= 15 is 0 Å². The minimum absolute atomic E-state index is 0.576. The molecule has 2 aromatic heterocycles. The van der Waals surface area contributed by atoms with Gasteiger partial charge in [-0.25, -0.2) is 0 Å². The Morgan fingerprint density at radius 1 is 1.04 bits per heavy atom. The molecule has 0 atom stereocenters. The number of pyridine rings is 1. The Bertz CT molecular complexity index is 811. The van der Waals surface area contributed by atoms with Gasteiger partial charge in [0.15, 0.2) is 4.34 Å². The monoisotopic (exact) mass is 356 g/mol. The average Bonchev–Trinajstić information content (AvgIpc) is 3.08. The molecule has 1 aliphatic rings. The first-order chi connectivity index (χ1) is 11.9. The van der Waals surface area contributed by atoms with Crippen molar-refractivity contribution in [2.45, 2.75) is 48.2 Å². The third kappa shape index (κ3) is 3.87. The van der Waals surface area contributed by atoms with Crippen LogP contribution in [0.2, 0.25) is 0 Å². The van der Waals surface area contributed by atoms with Crippen molar-refractivity contribution < 1.29 is 0 Å². The van der Waals surface area contributed by atoms with Gasteiger partial charge in [0.1, 0.15) is 0 Å². The number of hydrogen-bond donors (Lipinski definition) is 1. The van der Waals surface area contributed by atoms with Crippen LogP contribution in [0.1, 0.15) is 37.8 Å². The minimum atomic E-state index is 0.576. The number of nitrogens with one attached hydrogen (secondary N) is 1. The molecule has 3 aromatic rings. The van der Waals surface area contributed by atoms with E-state index in [9.17, 15) is 0 Å². The molecule has 1 aromatic carbocycles. The Hall–Kier alpha value is -1.66. The van der Waals surface area contributed by atoms with E-state index in [-0.39, 0.29) is 0 Å². The average molecular weight is 357 g/mol. The summed E-state index contributed by atoms with van der Waals surface area (Å²) in [5.74, 6) is 0.822. The highest BCUT2D eigenvalue weighted by Crippen LogP contribution is 2.30. The minimum Gasteiger partial charge on any atom is -0.357 e. The number of para-hydroxylation sites is 1. The number of rotatable bonds is 5. The molecule has 0 aliphatic heterocycles. The van der Waals surface area contributed by atoms with Gasteiger partial charge in [0.2, 0.25) is 5.13 Å². The molecule has 4 nitrogen and oxygen atoms in total. The fourth-order valence-electron chi connectivity index (χ4n) is 3.07. The Kier molecular flexibility index (Phi) is 4.94. The van der Waals surface area contributed by atoms with Crippen molar-refractivity contribution >= 4 is 39.1 Å². The predicted octanol–water partition coefficient (Wildman–Crippen LogP) is 5.12. The van der Waals surface area contributed by atoms with Crippen molar-refractivity contribution in [2.24, 2.45) is 0 Å².